The van der Waals surface area contributed by atoms with Gasteiger partial charge in [-0.15, -0.1) is 0 Å². The summed E-state index contributed by atoms with van der Waals surface area (Å²) in [5.74, 6) is 0.00254. The molecule has 0 fully saturated rings. The van der Waals surface area contributed by atoms with E-state index in [4.69, 9.17) is 5.73 Å². The van der Waals surface area contributed by atoms with Crippen LogP contribution in [0.3, 0.4) is 0 Å². The second kappa shape index (κ2) is 5.05. The quantitative estimate of drug-likeness (QED) is 0.900. The molecule has 2 aromatic rings. The summed E-state index contributed by atoms with van der Waals surface area (Å²) in [5, 5.41) is 2.63. The summed E-state index contributed by atoms with van der Waals surface area (Å²) in [6, 6.07) is 17.7. The zero-order chi connectivity index (χ0) is 14.9. The van der Waals surface area contributed by atoms with Gasteiger partial charge >= 0.3 is 0 Å². The zero-order valence-electron chi connectivity index (χ0n) is 11.8. The van der Waals surface area contributed by atoms with Crippen molar-refractivity contribution in [1.82, 2.24) is 5.32 Å². The molecule has 0 radical (unpaired) electrons. The van der Waals surface area contributed by atoms with Gasteiger partial charge in [-0.3, -0.25) is 10.1 Å². The lowest BCUT2D eigenvalue weighted by Crippen LogP contribution is -2.40. The topological polar surface area (TPSA) is 67.5 Å². The van der Waals surface area contributed by atoms with Crippen LogP contribution in [0.4, 0.5) is 0 Å². The summed E-state index contributed by atoms with van der Waals surface area (Å²) >= 11 is 0. The second-order valence-corrected chi connectivity index (χ2v) is 5.34. The highest BCUT2D eigenvalue weighted by molar-refractivity contribution is 6.07. The van der Waals surface area contributed by atoms with Gasteiger partial charge in [-0.05, 0) is 18.1 Å². The van der Waals surface area contributed by atoms with E-state index in [9.17, 15) is 4.79 Å². The number of benzene rings is 2. The Morgan fingerprint density at radius 2 is 1.76 bits per heavy atom. The van der Waals surface area contributed by atoms with Crippen LogP contribution in [-0.4, -0.2) is 11.9 Å². The normalized spacial score (nSPS) is 21.0. The number of rotatable bonds is 3. The second-order valence-electron chi connectivity index (χ2n) is 5.34. The van der Waals surface area contributed by atoms with E-state index < -0.39 is 5.54 Å². The molecule has 4 heteroatoms. The lowest BCUT2D eigenvalue weighted by molar-refractivity contribution is -0.124. The van der Waals surface area contributed by atoms with Crippen LogP contribution in [0.15, 0.2) is 59.6 Å². The predicted octanol–water partition coefficient (Wildman–Crippen LogP) is 1.88. The first kappa shape index (κ1) is 13.4. The van der Waals surface area contributed by atoms with Crippen molar-refractivity contribution < 1.29 is 4.79 Å². The Morgan fingerprint density at radius 1 is 1.10 bits per heavy atom. The van der Waals surface area contributed by atoms with Crippen molar-refractivity contribution in [3.8, 4) is 0 Å². The van der Waals surface area contributed by atoms with Crippen molar-refractivity contribution in [2.24, 2.45) is 10.7 Å². The maximum Gasteiger partial charge on any atom is 0.259 e. The Bertz CT molecular complexity index is 692. The van der Waals surface area contributed by atoms with Gasteiger partial charge in [0.15, 0.2) is 11.5 Å². The molecule has 0 bridgehead atoms. The number of nitrogens with one attached hydrogen (secondary N) is 1. The Hall–Kier alpha value is -2.62. The number of hydrogen-bond acceptors (Lipinski definition) is 3. The third kappa shape index (κ3) is 2.40. The number of aryl methyl sites for hydroxylation is 1. The zero-order valence-corrected chi connectivity index (χ0v) is 11.8. The van der Waals surface area contributed by atoms with Crippen molar-refractivity contribution in [1.29, 1.82) is 0 Å². The van der Waals surface area contributed by atoms with Gasteiger partial charge < -0.3 is 5.73 Å². The first-order valence-electron chi connectivity index (χ1n) is 6.88. The average molecular weight is 279 g/mol. The molecule has 1 atom stereocenters. The number of nitrogens with two attached hydrogens (primary N) is 1. The minimum absolute atomic E-state index is 0.174. The number of carbonyl (C=O) groups is 1. The Morgan fingerprint density at radius 3 is 2.33 bits per heavy atom. The molecule has 2 aromatic carbocycles. The number of guanidine groups is 1. The Balaban J connectivity index is 2.06. The van der Waals surface area contributed by atoms with Crippen molar-refractivity contribution in [3.05, 3.63) is 71.3 Å². The van der Waals surface area contributed by atoms with Gasteiger partial charge in [0, 0.05) is 6.42 Å². The summed E-state index contributed by atoms with van der Waals surface area (Å²) in [6.45, 7) is 2.04. The SMILES string of the molecule is Cc1ccc(C[C@@]2(c3ccccc3)N=C(N)NC2=O)cc1. The highest BCUT2D eigenvalue weighted by Gasteiger charge is 2.44. The number of carbonyl (C=O) groups excluding carboxylic acids is 1. The molecule has 0 saturated heterocycles. The standard InChI is InChI=1S/C17H17N3O/c1-12-7-9-13(10-8-12)11-17(14-5-3-2-4-6-14)15(21)19-16(18)20-17/h2-10H,11H2,1H3,(H3,18,19,20,21)/t17-/m0/s1. The molecule has 0 aromatic heterocycles. The summed E-state index contributed by atoms with van der Waals surface area (Å²) < 4.78 is 0. The minimum atomic E-state index is -0.972. The van der Waals surface area contributed by atoms with Gasteiger partial charge in [0.2, 0.25) is 0 Å². The van der Waals surface area contributed by atoms with Crippen molar-refractivity contribution in [2.45, 2.75) is 18.9 Å². The van der Waals surface area contributed by atoms with E-state index in [1.54, 1.807) is 0 Å². The largest absolute Gasteiger partial charge is 0.370 e. The molecule has 21 heavy (non-hydrogen) atoms. The van der Waals surface area contributed by atoms with Gasteiger partial charge in [-0.2, -0.15) is 0 Å². The molecule has 106 valence electrons. The van der Waals surface area contributed by atoms with Gasteiger partial charge in [0.1, 0.15) is 0 Å². The maximum atomic E-state index is 12.5. The smallest absolute Gasteiger partial charge is 0.259 e. The van der Waals surface area contributed by atoms with Crippen molar-refractivity contribution in [2.75, 3.05) is 0 Å². The van der Waals surface area contributed by atoms with Gasteiger partial charge in [0.05, 0.1) is 0 Å². The van der Waals surface area contributed by atoms with E-state index in [2.05, 4.69) is 10.3 Å². The molecule has 0 unspecified atom stereocenters. The lowest BCUT2D eigenvalue weighted by Gasteiger charge is -2.24. The third-order valence-corrected chi connectivity index (χ3v) is 3.76. The molecule has 3 N–H and O–H groups in total. The van der Waals surface area contributed by atoms with Crippen LogP contribution in [0.5, 0.6) is 0 Å². The molecule has 1 heterocycles. The molecule has 3 rings (SSSR count). The molecular formula is C17H17N3O. The first-order valence-corrected chi connectivity index (χ1v) is 6.88. The lowest BCUT2D eigenvalue weighted by atomic mass is 9.84. The van der Waals surface area contributed by atoms with Gasteiger partial charge in [-0.1, -0.05) is 60.2 Å². The van der Waals surface area contributed by atoms with Crippen LogP contribution >= 0.6 is 0 Å². The van der Waals surface area contributed by atoms with Gasteiger partial charge in [0.25, 0.3) is 5.91 Å². The van der Waals surface area contributed by atoms with Crippen LogP contribution in [0.1, 0.15) is 16.7 Å². The molecule has 1 aliphatic rings. The molecule has 1 aliphatic heterocycles. The van der Waals surface area contributed by atoms with Crippen LogP contribution in [0.2, 0.25) is 0 Å². The summed E-state index contributed by atoms with van der Waals surface area (Å²) in [5.41, 5.74) is 7.85. The predicted molar refractivity (Wildman–Crippen MR) is 82.8 cm³/mol. The van der Waals surface area contributed by atoms with E-state index in [0.29, 0.717) is 6.42 Å². The summed E-state index contributed by atoms with van der Waals surface area (Å²) in [4.78, 5) is 16.9. The molecule has 1 amide bonds. The fourth-order valence-electron chi connectivity index (χ4n) is 2.64. The number of amides is 1. The number of nitrogens with zero attached hydrogens (tertiary/aromatic N) is 1. The van der Waals surface area contributed by atoms with Crippen molar-refractivity contribution in [3.63, 3.8) is 0 Å². The highest BCUT2D eigenvalue weighted by atomic mass is 16.2. The van der Waals surface area contributed by atoms with E-state index in [1.165, 1.54) is 5.56 Å². The number of hydrogen-bond donors (Lipinski definition) is 2. The van der Waals surface area contributed by atoms with E-state index in [1.807, 2.05) is 61.5 Å². The summed E-state index contributed by atoms with van der Waals surface area (Å²) in [6.07, 6.45) is 0.490. The van der Waals surface area contributed by atoms with E-state index in [-0.39, 0.29) is 11.9 Å². The van der Waals surface area contributed by atoms with Crippen LogP contribution in [-0.2, 0) is 16.8 Å². The van der Waals surface area contributed by atoms with E-state index >= 15 is 0 Å². The third-order valence-electron chi connectivity index (χ3n) is 3.76. The molecule has 4 nitrogen and oxygen atoms in total. The monoisotopic (exact) mass is 279 g/mol. The molecule has 0 spiro atoms. The number of aliphatic imine (C=N–C) groups is 1. The van der Waals surface area contributed by atoms with Crippen LogP contribution < -0.4 is 11.1 Å². The fraction of sp³-hybridized carbons (Fsp3) is 0.176. The van der Waals surface area contributed by atoms with Crippen molar-refractivity contribution >= 4 is 11.9 Å². The first-order chi connectivity index (χ1) is 10.1. The van der Waals surface area contributed by atoms with Gasteiger partial charge in [-0.25, -0.2) is 4.99 Å². The fourth-order valence-corrected chi connectivity index (χ4v) is 2.64. The maximum absolute atomic E-state index is 12.5. The molecule has 0 saturated carbocycles. The Labute approximate surface area is 123 Å². The Kier molecular flexibility index (Phi) is 3.22. The molecule has 0 aliphatic carbocycles. The highest BCUT2D eigenvalue weighted by Crippen LogP contribution is 2.33. The van der Waals surface area contributed by atoms with Crippen LogP contribution in [0, 0.1) is 6.92 Å². The summed E-state index contributed by atoms with van der Waals surface area (Å²) in [7, 11) is 0. The van der Waals surface area contributed by atoms with Crippen LogP contribution in [0.25, 0.3) is 0 Å². The minimum Gasteiger partial charge on any atom is -0.370 e. The average Bonchev–Trinajstić information content (AvgIpc) is 2.77. The van der Waals surface area contributed by atoms with E-state index in [0.717, 1.165) is 11.1 Å². The molecular weight excluding hydrogens is 262 g/mol.